The number of likely N-dealkylation sites (tertiary alicyclic amines) is 1. The Balaban J connectivity index is 1.36. The van der Waals surface area contributed by atoms with Crippen LogP contribution in [0.3, 0.4) is 0 Å². The summed E-state index contributed by atoms with van der Waals surface area (Å²) >= 11 is 12.4. The molecule has 4 heterocycles. The van der Waals surface area contributed by atoms with Crippen molar-refractivity contribution in [2.45, 2.75) is 51.2 Å². The Kier molecular flexibility index (Phi) is 8.60. The summed E-state index contributed by atoms with van der Waals surface area (Å²) < 4.78 is 16.2. The second-order valence-corrected chi connectivity index (χ2v) is 12.9. The predicted molar refractivity (Wildman–Crippen MR) is 175 cm³/mol. The van der Waals surface area contributed by atoms with Crippen molar-refractivity contribution in [2.75, 3.05) is 23.7 Å². The van der Waals surface area contributed by atoms with Crippen molar-refractivity contribution in [3.63, 3.8) is 0 Å². The highest BCUT2D eigenvalue weighted by Crippen LogP contribution is 2.38. The number of nitrogens with zero attached hydrogens (tertiary/aromatic N) is 7. The highest BCUT2D eigenvalue weighted by molar-refractivity contribution is 6.32. The second-order valence-electron chi connectivity index (χ2n) is 12.1. The zero-order chi connectivity index (χ0) is 31.7. The van der Waals surface area contributed by atoms with Gasteiger partial charge in [-0.1, -0.05) is 58.7 Å². The Hall–Kier alpha value is -4.30. The highest BCUT2D eigenvalue weighted by Gasteiger charge is 2.29. The maximum atomic E-state index is 14.2. The number of halogens is 3. The molecule has 1 aliphatic heterocycles. The third-order valence-corrected chi connectivity index (χ3v) is 8.66. The van der Waals surface area contributed by atoms with Crippen molar-refractivity contribution in [2.24, 2.45) is 0 Å². The summed E-state index contributed by atoms with van der Waals surface area (Å²) in [5.41, 5.74) is 4.06. The van der Waals surface area contributed by atoms with Gasteiger partial charge in [-0.05, 0) is 51.3 Å². The number of anilines is 3. The van der Waals surface area contributed by atoms with E-state index in [1.807, 2.05) is 41.2 Å². The van der Waals surface area contributed by atoms with Crippen LogP contribution >= 0.6 is 23.2 Å². The van der Waals surface area contributed by atoms with Crippen LogP contribution in [0.2, 0.25) is 10.2 Å². The van der Waals surface area contributed by atoms with Crippen molar-refractivity contribution in [3.8, 4) is 6.07 Å². The van der Waals surface area contributed by atoms with Crippen LogP contribution in [0.5, 0.6) is 0 Å². The minimum atomic E-state index is -0.683. The highest BCUT2D eigenvalue weighted by atomic mass is 35.5. The van der Waals surface area contributed by atoms with Gasteiger partial charge in [-0.15, -0.1) is 5.10 Å². The number of benzene rings is 2. The van der Waals surface area contributed by atoms with E-state index in [0.717, 1.165) is 37.2 Å². The molecule has 1 atom stereocenters. The summed E-state index contributed by atoms with van der Waals surface area (Å²) in [4.78, 5) is 11.0. The summed E-state index contributed by atoms with van der Waals surface area (Å²) in [5, 5.41) is 26.6. The van der Waals surface area contributed by atoms with Crippen molar-refractivity contribution in [1.82, 2.24) is 29.9 Å². The van der Waals surface area contributed by atoms with Crippen LogP contribution in [0.25, 0.3) is 10.9 Å². The molecule has 0 amide bonds. The van der Waals surface area contributed by atoms with Gasteiger partial charge in [-0.25, -0.2) is 14.1 Å². The van der Waals surface area contributed by atoms with Gasteiger partial charge in [0.1, 0.15) is 11.8 Å². The van der Waals surface area contributed by atoms with Crippen molar-refractivity contribution in [3.05, 3.63) is 99.9 Å². The molecule has 3 aromatic heterocycles. The third kappa shape index (κ3) is 6.57. The fraction of sp³-hybridized carbons (Fsp3) is 0.303. The molecule has 0 saturated carbocycles. The van der Waals surface area contributed by atoms with E-state index in [9.17, 15) is 9.65 Å². The monoisotopic (exact) mass is 643 g/mol. The maximum absolute atomic E-state index is 14.2. The molecule has 0 spiro atoms. The topological polar surface area (TPSA) is 108 Å². The zero-order valence-electron chi connectivity index (χ0n) is 25.1. The molecule has 1 aliphatic rings. The summed E-state index contributed by atoms with van der Waals surface area (Å²) in [7, 11) is 0. The lowest BCUT2D eigenvalue weighted by Gasteiger charge is -2.40. The predicted octanol–water partition coefficient (Wildman–Crippen LogP) is 7.92. The smallest absolute Gasteiger partial charge is 0.164 e. The fourth-order valence-corrected chi connectivity index (χ4v) is 6.08. The van der Waals surface area contributed by atoms with E-state index in [-0.39, 0.29) is 28.3 Å². The molecule has 1 fully saturated rings. The van der Waals surface area contributed by atoms with Crippen LogP contribution in [0.4, 0.5) is 21.5 Å². The minimum absolute atomic E-state index is 0.139. The molecular formula is C33H32Cl2FN9. The Morgan fingerprint density at radius 1 is 1.04 bits per heavy atom. The average molecular weight is 645 g/mol. The van der Waals surface area contributed by atoms with Crippen molar-refractivity contribution in [1.29, 1.82) is 5.26 Å². The fourth-order valence-electron chi connectivity index (χ4n) is 5.76. The molecule has 2 aromatic carbocycles. The first-order chi connectivity index (χ1) is 21.6. The van der Waals surface area contributed by atoms with E-state index in [4.69, 9.17) is 23.2 Å². The number of hydrogen-bond acceptors (Lipinski definition) is 8. The van der Waals surface area contributed by atoms with E-state index >= 15 is 0 Å². The van der Waals surface area contributed by atoms with Gasteiger partial charge in [-0.2, -0.15) is 5.26 Å². The van der Waals surface area contributed by atoms with Crippen LogP contribution in [-0.4, -0.2) is 48.5 Å². The first-order valence-electron chi connectivity index (χ1n) is 14.7. The maximum Gasteiger partial charge on any atom is 0.164 e. The minimum Gasteiger partial charge on any atom is -0.371 e. The SMILES string of the molecule is CC(C)(C)N1CCC(n2cc([C@@H](Nc3cc(Cl)cc4c(Nc5cnc(Cl)c(F)c5)c(C#N)cnc34)c3ccccc3)nn2)CC1. The lowest BCUT2D eigenvalue weighted by molar-refractivity contribution is 0.0866. The van der Waals surface area contributed by atoms with Crippen LogP contribution < -0.4 is 10.6 Å². The summed E-state index contributed by atoms with van der Waals surface area (Å²) in [5.74, 6) is -0.683. The number of nitrogens with one attached hydrogen (secondary N) is 2. The molecule has 12 heteroatoms. The van der Waals surface area contributed by atoms with Crippen LogP contribution in [0.1, 0.15) is 62.5 Å². The molecule has 1 saturated heterocycles. The van der Waals surface area contributed by atoms with Gasteiger partial charge in [0, 0.05) is 41.3 Å². The molecule has 230 valence electrons. The Labute approximate surface area is 271 Å². The Morgan fingerprint density at radius 2 is 1.80 bits per heavy atom. The van der Waals surface area contributed by atoms with E-state index in [0.29, 0.717) is 33.0 Å². The average Bonchev–Trinajstić information content (AvgIpc) is 3.52. The first kappa shape index (κ1) is 30.7. The number of nitriles is 1. The molecule has 0 bridgehead atoms. The molecule has 6 rings (SSSR count). The van der Waals surface area contributed by atoms with E-state index in [1.165, 1.54) is 18.5 Å². The molecule has 2 N–H and O–H groups in total. The number of aromatic nitrogens is 5. The number of pyridine rings is 2. The van der Waals surface area contributed by atoms with Crippen molar-refractivity contribution >= 4 is 51.2 Å². The summed E-state index contributed by atoms with van der Waals surface area (Å²) in [6.07, 6.45) is 6.88. The molecule has 0 unspecified atom stereocenters. The number of piperidine rings is 1. The number of rotatable bonds is 7. The van der Waals surface area contributed by atoms with Gasteiger partial charge in [-0.3, -0.25) is 9.88 Å². The quantitative estimate of drug-likeness (QED) is 0.172. The second kappa shape index (κ2) is 12.6. The third-order valence-electron chi connectivity index (χ3n) is 8.17. The molecule has 5 aromatic rings. The van der Waals surface area contributed by atoms with Gasteiger partial charge in [0.05, 0.1) is 52.6 Å². The Morgan fingerprint density at radius 3 is 2.49 bits per heavy atom. The largest absolute Gasteiger partial charge is 0.371 e. The van der Waals surface area contributed by atoms with Gasteiger partial charge in [0.15, 0.2) is 11.0 Å². The number of hydrogen-bond donors (Lipinski definition) is 2. The Bertz CT molecular complexity index is 1870. The number of fused-ring (bicyclic) bond motifs is 1. The lowest BCUT2D eigenvalue weighted by Crippen LogP contribution is -2.46. The summed E-state index contributed by atoms with van der Waals surface area (Å²) in [6.45, 7) is 8.76. The molecular weight excluding hydrogens is 612 g/mol. The van der Waals surface area contributed by atoms with Crippen LogP contribution in [0.15, 0.2) is 67.1 Å². The van der Waals surface area contributed by atoms with Crippen molar-refractivity contribution < 1.29 is 4.39 Å². The zero-order valence-corrected chi connectivity index (χ0v) is 26.6. The van der Waals surface area contributed by atoms with E-state index in [1.54, 1.807) is 12.1 Å². The normalized spacial score (nSPS) is 15.1. The van der Waals surface area contributed by atoms with Crippen LogP contribution in [0, 0.1) is 17.1 Å². The van der Waals surface area contributed by atoms with E-state index < -0.39 is 5.82 Å². The molecule has 0 aliphatic carbocycles. The van der Waals surface area contributed by atoms with Gasteiger partial charge in [0.2, 0.25) is 0 Å². The molecule has 45 heavy (non-hydrogen) atoms. The molecule has 0 radical (unpaired) electrons. The lowest BCUT2D eigenvalue weighted by atomic mass is 9.98. The summed E-state index contributed by atoms with van der Waals surface area (Å²) in [6, 6.07) is 16.7. The van der Waals surface area contributed by atoms with Crippen LogP contribution in [-0.2, 0) is 0 Å². The van der Waals surface area contributed by atoms with Gasteiger partial charge < -0.3 is 10.6 Å². The van der Waals surface area contributed by atoms with E-state index in [2.05, 4.69) is 62.7 Å². The van der Waals surface area contributed by atoms with Gasteiger partial charge >= 0.3 is 0 Å². The molecule has 9 nitrogen and oxygen atoms in total. The van der Waals surface area contributed by atoms with Gasteiger partial charge in [0.25, 0.3) is 0 Å². The standard InChI is InChI=1S/C33H32Cl2FN9/c1-33(2,3)44-11-9-24(10-12-44)45-19-28(42-43-45)30(20-7-5-4-6-8-20)41-27-14-22(34)13-25-29(21(16-37)17-38-31(25)27)40-23-15-26(36)32(35)39-18-23/h4-8,13-15,17-19,24,30,41H,9-12H2,1-3H3,(H,38,40)/t30-/m0/s1. The first-order valence-corrected chi connectivity index (χ1v) is 15.4.